The molecule has 1 rings (SSSR count). The van der Waals surface area contributed by atoms with Crippen LogP contribution in [-0.2, 0) is 4.79 Å². The Morgan fingerprint density at radius 1 is 1.38 bits per heavy atom. The minimum absolute atomic E-state index is 0.0330. The molecule has 2 N–H and O–H groups in total. The van der Waals surface area contributed by atoms with Crippen LogP contribution < -0.4 is 15.4 Å². The molecule has 0 aliphatic rings. The molecule has 0 radical (unpaired) electrons. The summed E-state index contributed by atoms with van der Waals surface area (Å²) in [5, 5.41) is 6.31. The molecule has 0 bridgehead atoms. The average molecular weight is 357 g/mol. The van der Waals surface area contributed by atoms with Crippen molar-refractivity contribution in [2.45, 2.75) is 45.7 Å². The second kappa shape index (κ2) is 7.80. The number of halogens is 1. The summed E-state index contributed by atoms with van der Waals surface area (Å²) in [5.74, 6) is 0.831. The van der Waals surface area contributed by atoms with Crippen molar-refractivity contribution in [3.63, 3.8) is 0 Å². The van der Waals surface area contributed by atoms with Crippen LogP contribution in [-0.4, -0.2) is 25.1 Å². The maximum Gasteiger partial charge on any atom is 0.221 e. The molecule has 0 saturated heterocycles. The molecule has 1 unspecified atom stereocenters. The molecular weight excluding hydrogens is 332 g/mol. The first-order chi connectivity index (χ1) is 9.73. The van der Waals surface area contributed by atoms with Crippen molar-refractivity contribution in [1.29, 1.82) is 0 Å². The molecular formula is C16H25BrN2O2. The van der Waals surface area contributed by atoms with Gasteiger partial charge in [-0.2, -0.15) is 0 Å². The second-order valence-corrected chi connectivity index (χ2v) is 6.96. The molecule has 5 heteroatoms. The van der Waals surface area contributed by atoms with Crippen LogP contribution in [0.1, 0.15) is 45.7 Å². The summed E-state index contributed by atoms with van der Waals surface area (Å²) in [5.41, 5.74) is 1.08. The van der Waals surface area contributed by atoms with Gasteiger partial charge in [-0.15, -0.1) is 0 Å². The average Bonchev–Trinajstić information content (AvgIpc) is 2.36. The molecule has 0 aliphatic heterocycles. The zero-order chi connectivity index (χ0) is 16.0. The molecule has 0 fully saturated rings. The Balaban J connectivity index is 2.51. The van der Waals surface area contributed by atoms with Crippen molar-refractivity contribution in [2.24, 2.45) is 0 Å². The van der Waals surface area contributed by atoms with Crippen LogP contribution in [0.15, 0.2) is 22.7 Å². The second-order valence-electron chi connectivity index (χ2n) is 6.11. The summed E-state index contributed by atoms with van der Waals surface area (Å²) in [4.78, 5) is 11.9. The van der Waals surface area contributed by atoms with E-state index in [0.717, 1.165) is 15.8 Å². The number of ether oxygens (including phenoxy) is 1. The third-order valence-corrected chi connectivity index (χ3v) is 3.68. The smallest absolute Gasteiger partial charge is 0.221 e. The Morgan fingerprint density at radius 2 is 2.05 bits per heavy atom. The van der Waals surface area contributed by atoms with Gasteiger partial charge in [0.2, 0.25) is 5.91 Å². The number of methoxy groups -OCH3 is 1. The summed E-state index contributed by atoms with van der Waals surface area (Å²) in [6.45, 7) is 8.91. The Hall–Kier alpha value is -1.07. The van der Waals surface area contributed by atoms with Gasteiger partial charge in [0, 0.05) is 18.5 Å². The number of nitrogens with one attached hydrogen (secondary N) is 2. The Labute approximate surface area is 135 Å². The summed E-state index contributed by atoms with van der Waals surface area (Å²) in [6, 6.07) is 5.79. The normalized spacial score (nSPS) is 12.9. The van der Waals surface area contributed by atoms with Crippen LogP contribution in [0, 0.1) is 0 Å². The van der Waals surface area contributed by atoms with E-state index in [2.05, 4.69) is 47.3 Å². The minimum atomic E-state index is -0.0330. The van der Waals surface area contributed by atoms with Crippen molar-refractivity contribution in [3.05, 3.63) is 28.2 Å². The Bertz CT molecular complexity index is 484. The summed E-state index contributed by atoms with van der Waals surface area (Å²) in [7, 11) is 1.63. The van der Waals surface area contributed by atoms with Crippen LogP contribution in [0.5, 0.6) is 5.75 Å². The van der Waals surface area contributed by atoms with Gasteiger partial charge in [0.25, 0.3) is 0 Å². The summed E-state index contributed by atoms with van der Waals surface area (Å²) < 4.78 is 6.09. The van der Waals surface area contributed by atoms with E-state index in [0.29, 0.717) is 13.0 Å². The van der Waals surface area contributed by atoms with Gasteiger partial charge < -0.3 is 15.4 Å². The molecule has 1 amide bonds. The van der Waals surface area contributed by atoms with Crippen LogP contribution in [0.25, 0.3) is 0 Å². The van der Waals surface area contributed by atoms with E-state index in [4.69, 9.17) is 4.74 Å². The fourth-order valence-electron chi connectivity index (χ4n) is 1.90. The van der Waals surface area contributed by atoms with Crippen molar-refractivity contribution >= 4 is 21.8 Å². The monoisotopic (exact) mass is 356 g/mol. The molecule has 118 valence electrons. The lowest BCUT2D eigenvalue weighted by Crippen LogP contribution is -2.38. The fourth-order valence-corrected chi connectivity index (χ4v) is 2.46. The maximum absolute atomic E-state index is 11.9. The highest BCUT2D eigenvalue weighted by Gasteiger charge is 2.13. The van der Waals surface area contributed by atoms with Gasteiger partial charge in [-0.1, -0.05) is 6.07 Å². The van der Waals surface area contributed by atoms with Gasteiger partial charge in [0.1, 0.15) is 5.75 Å². The topological polar surface area (TPSA) is 50.4 Å². The number of rotatable bonds is 6. The molecule has 1 atom stereocenters. The van der Waals surface area contributed by atoms with E-state index < -0.39 is 0 Å². The van der Waals surface area contributed by atoms with Gasteiger partial charge in [-0.05, 0) is 61.3 Å². The fraction of sp³-hybridized carbons (Fsp3) is 0.562. The van der Waals surface area contributed by atoms with Crippen molar-refractivity contribution in [3.8, 4) is 5.75 Å². The number of hydrogen-bond acceptors (Lipinski definition) is 3. The van der Waals surface area contributed by atoms with Gasteiger partial charge >= 0.3 is 0 Å². The van der Waals surface area contributed by atoms with Crippen LogP contribution in [0.2, 0.25) is 0 Å². The molecule has 4 nitrogen and oxygen atoms in total. The van der Waals surface area contributed by atoms with Gasteiger partial charge in [0.15, 0.2) is 0 Å². The molecule has 0 saturated carbocycles. The van der Waals surface area contributed by atoms with Crippen LogP contribution >= 0.6 is 15.9 Å². The molecule has 1 aromatic rings. The van der Waals surface area contributed by atoms with E-state index in [-0.39, 0.29) is 17.5 Å². The Morgan fingerprint density at radius 3 is 2.57 bits per heavy atom. The predicted molar refractivity (Wildman–Crippen MR) is 89.6 cm³/mol. The number of carbonyl (C=O) groups is 1. The maximum atomic E-state index is 11.9. The first kappa shape index (κ1) is 18.0. The third-order valence-electron chi connectivity index (χ3n) is 3.06. The molecule has 0 aliphatic carbocycles. The highest BCUT2D eigenvalue weighted by atomic mass is 79.9. The van der Waals surface area contributed by atoms with Crippen molar-refractivity contribution in [1.82, 2.24) is 10.6 Å². The van der Waals surface area contributed by atoms with Gasteiger partial charge in [0.05, 0.1) is 17.6 Å². The highest BCUT2D eigenvalue weighted by molar-refractivity contribution is 9.10. The number of hydrogen-bond donors (Lipinski definition) is 2. The molecule has 21 heavy (non-hydrogen) atoms. The first-order valence-electron chi connectivity index (χ1n) is 7.11. The molecule has 0 spiro atoms. The third kappa shape index (κ3) is 6.48. The Kier molecular flexibility index (Phi) is 6.68. The largest absolute Gasteiger partial charge is 0.496 e. The zero-order valence-corrected chi connectivity index (χ0v) is 15.0. The van der Waals surface area contributed by atoms with Gasteiger partial charge in [-0.25, -0.2) is 0 Å². The van der Waals surface area contributed by atoms with E-state index in [9.17, 15) is 4.79 Å². The lowest BCUT2D eigenvalue weighted by molar-refractivity contribution is -0.121. The van der Waals surface area contributed by atoms with Crippen molar-refractivity contribution < 1.29 is 9.53 Å². The highest BCUT2D eigenvalue weighted by Crippen LogP contribution is 2.27. The molecule has 1 aromatic carbocycles. The number of amides is 1. The van der Waals surface area contributed by atoms with E-state index in [1.54, 1.807) is 7.11 Å². The van der Waals surface area contributed by atoms with E-state index in [1.165, 1.54) is 0 Å². The molecule has 0 aromatic heterocycles. The summed E-state index contributed by atoms with van der Waals surface area (Å²) in [6.07, 6.45) is 0.471. The number of benzene rings is 1. The van der Waals surface area contributed by atoms with E-state index in [1.807, 2.05) is 25.1 Å². The van der Waals surface area contributed by atoms with Crippen molar-refractivity contribution in [2.75, 3.05) is 13.7 Å². The number of carbonyl (C=O) groups excluding carboxylic acids is 1. The minimum Gasteiger partial charge on any atom is -0.496 e. The first-order valence-corrected chi connectivity index (χ1v) is 7.90. The summed E-state index contributed by atoms with van der Waals surface area (Å²) >= 11 is 3.46. The zero-order valence-electron chi connectivity index (χ0n) is 13.4. The lowest BCUT2D eigenvalue weighted by atomic mass is 10.1. The van der Waals surface area contributed by atoms with E-state index >= 15 is 0 Å². The quantitative estimate of drug-likeness (QED) is 0.820. The van der Waals surface area contributed by atoms with Gasteiger partial charge in [-0.3, -0.25) is 4.79 Å². The van der Waals surface area contributed by atoms with Crippen LogP contribution in [0.3, 0.4) is 0 Å². The van der Waals surface area contributed by atoms with Crippen LogP contribution in [0.4, 0.5) is 0 Å². The SMILES string of the molecule is COc1ccc(C(C)NC(=O)CCNC(C)(C)C)cc1Br. The standard InChI is InChI=1S/C16H25BrN2O2/c1-11(12-6-7-14(21-5)13(17)10-12)19-15(20)8-9-18-16(2,3)4/h6-7,10-11,18H,8-9H2,1-5H3,(H,19,20). The molecule has 0 heterocycles. The lowest BCUT2D eigenvalue weighted by Gasteiger charge is -2.21. The predicted octanol–water partition coefficient (Wildman–Crippen LogP) is 3.41.